The zero-order valence-corrected chi connectivity index (χ0v) is 11.9. The highest BCUT2D eigenvalue weighted by Gasteiger charge is 2.05. The van der Waals surface area contributed by atoms with Gasteiger partial charge in [0, 0.05) is 17.3 Å². The second-order valence-corrected chi connectivity index (χ2v) is 4.65. The number of thiocarbonyl (C=S) groups is 1. The maximum atomic E-state index is 11.1. The van der Waals surface area contributed by atoms with Gasteiger partial charge in [0.15, 0.2) is 10.9 Å². The molecule has 0 spiro atoms. The van der Waals surface area contributed by atoms with Gasteiger partial charge in [-0.15, -0.1) is 0 Å². The third kappa shape index (κ3) is 4.45. The number of hydrogen-bond acceptors (Lipinski definition) is 2. The van der Waals surface area contributed by atoms with Crippen LogP contribution in [0, 0.1) is 0 Å². The summed E-state index contributed by atoms with van der Waals surface area (Å²) < 4.78 is 0. The van der Waals surface area contributed by atoms with Crippen molar-refractivity contribution in [3.05, 3.63) is 29.8 Å². The highest BCUT2D eigenvalue weighted by molar-refractivity contribution is 7.80. The lowest BCUT2D eigenvalue weighted by molar-refractivity contribution is 0.101. The van der Waals surface area contributed by atoms with Crippen molar-refractivity contribution in [2.45, 2.75) is 39.7 Å². The first-order valence-electron chi connectivity index (χ1n) is 6.25. The highest BCUT2D eigenvalue weighted by Crippen LogP contribution is 2.10. The molecule has 1 aromatic rings. The van der Waals surface area contributed by atoms with Crippen molar-refractivity contribution in [1.29, 1.82) is 0 Å². The van der Waals surface area contributed by atoms with Crippen LogP contribution in [-0.4, -0.2) is 16.9 Å². The molecule has 0 heterocycles. The summed E-state index contributed by atoms with van der Waals surface area (Å²) in [6.45, 7) is 5.82. The molecule has 4 heteroatoms. The van der Waals surface area contributed by atoms with Crippen LogP contribution in [0.3, 0.4) is 0 Å². The lowest BCUT2D eigenvalue weighted by atomic mass is 10.1. The fraction of sp³-hybridized carbons (Fsp3) is 0.429. The van der Waals surface area contributed by atoms with Crippen LogP contribution in [0.1, 0.15) is 44.0 Å². The number of benzene rings is 1. The van der Waals surface area contributed by atoms with E-state index in [0.29, 0.717) is 16.7 Å². The summed E-state index contributed by atoms with van der Waals surface area (Å²) in [4.78, 5) is 11.1. The van der Waals surface area contributed by atoms with Crippen molar-refractivity contribution in [1.82, 2.24) is 5.32 Å². The van der Waals surface area contributed by atoms with Gasteiger partial charge in [-0.1, -0.05) is 13.8 Å². The van der Waals surface area contributed by atoms with Gasteiger partial charge in [0.1, 0.15) is 0 Å². The molecule has 0 aliphatic rings. The van der Waals surface area contributed by atoms with Crippen molar-refractivity contribution in [2.75, 3.05) is 5.32 Å². The third-order valence-electron chi connectivity index (χ3n) is 2.87. The minimum atomic E-state index is 0.0688. The van der Waals surface area contributed by atoms with Gasteiger partial charge in [-0.25, -0.2) is 0 Å². The summed E-state index contributed by atoms with van der Waals surface area (Å²) in [5, 5.41) is 7.00. The number of carbonyl (C=O) groups excluding carboxylic acids is 1. The number of Topliss-reactive ketones (excluding diaryl/α,β-unsaturated/α-hetero) is 1. The normalized spacial score (nSPS) is 10.2. The molecule has 0 saturated carbocycles. The Kier molecular flexibility index (Phi) is 5.78. The van der Waals surface area contributed by atoms with E-state index >= 15 is 0 Å². The molecule has 0 fully saturated rings. The summed E-state index contributed by atoms with van der Waals surface area (Å²) in [6, 6.07) is 7.71. The standard InChI is InChI=1S/C14H20N2OS/c1-4-12(5-2)15-14(18)16-13-8-6-11(7-9-13)10(3)17/h6-9,12H,4-5H2,1-3H3,(H2,15,16,18). The van der Waals surface area contributed by atoms with Crippen molar-refractivity contribution in [3.8, 4) is 0 Å². The SMILES string of the molecule is CCC(CC)NC(=S)Nc1ccc(C(C)=O)cc1. The van der Waals surface area contributed by atoms with Gasteiger partial charge < -0.3 is 10.6 Å². The maximum Gasteiger partial charge on any atom is 0.170 e. The first-order valence-corrected chi connectivity index (χ1v) is 6.66. The van der Waals surface area contributed by atoms with Gasteiger partial charge >= 0.3 is 0 Å². The topological polar surface area (TPSA) is 41.1 Å². The Morgan fingerprint density at radius 1 is 1.22 bits per heavy atom. The number of nitrogens with one attached hydrogen (secondary N) is 2. The van der Waals surface area contributed by atoms with Crippen molar-refractivity contribution in [2.24, 2.45) is 0 Å². The second kappa shape index (κ2) is 7.11. The maximum absolute atomic E-state index is 11.1. The molecular weight excluding hydrogens is 244 g/mol. The van der Waals surface area contributed by atoms with Crippen LogP contribution in [0.2, 0.25) is 0 Å². The van der Waals surface area contributed by atoms with Crippen LogP contribution in [0.25, 0.3) is 0 Å². The van der Waals surface area contributed by atoms with Crippen LogP contribution < -0.4 is 10.6 Å². The Labute approximate surface area is 114 Å². The minimum absolute atomic E-state index is 0.0688. The summed E-state index contributed by atoms with van der Waals surface area (Å²) in [5.74, 6) is 0.0688. The van der Waals surface area contributed by atoms with E-state index in [-0.39, 0.29) is 5.78 Å². The summed E-state index contributed by atoms with van der Waals surface area (Å²) >= 11 is 5.24. The van der Waals surface area contributed by atoms with Crippen LogP contribution in [-0.2, 0) is 0 Å². The molecule has 0 aromatic heterocycles. The van der Waals surface area contributed by atoms with E-state index in [1.165, 1.54) is 0 Å². The molecule has 1 aromatic carbocycles. The Bertz CT molecular complexity index is 410. The number of hydrogen-bond donors (Lipinski definition) is 2. The Morgan fingerprint density at radius 2 is 1.78 bits per heavy atom. The molecule has 18 heavy (non-hydrogen) atoms. The zero-order chi connectivity index (χ0) is 13.5. The molecule has 0 saturated heterocycles. The Balaban J connectivity index is 2.56. The average molecular weight is 264 g/mol. The summed E-state index contributed by atoms with van der Waals surface area (Å²) in [5.41, 5.74) is 1.60. The molecule has 2 N–H and O–H groups in total. The van der Waals surface area contributed by atoms with Gasteiger partial charge in [-0.2, -0.15) is 0 Å². The Morgan fingerprint density at radius 3 is 2.22 bits per heavy atom. The number of anilines is 1. The van der Waals surface area contributed by atoms with E-state index < -0.39 is 0 Å². The molecule has 0 aliphatic heterocycles. The van der Waals surface area contributed by atoms with Crippen molar-refractivity contribution in [3.63, 3.8) is 0 Å². The zero-order valence-electron chi connectivity index (χ0n) is 11.1. The monoisotopic (exact) mass is 264 g/mol. The number of carbonyl (C=O) groups is 1. The number of rotatable bonds is 5. The predicted octanol–water partition coefficient (Wildman–Crippen LogP) is 3.36. The molecular formula is C14H20N2OS. The van der Waals surface area contributed by atoms with E-state index in [9.17, 15) is 4.79 Å². The van der Waals surface area contributed by atoms with Crippen LogP contribution in [0.15, 0.2) is 24.3 Å². The first kappa shape index (κ1) is 14.6. The van der Waals surface area contributed by atoms with Crippen molar-refractivity contribution >= 4 is 28.8 Å². The predicted molar refractivity (Wildman–Crippen MR) is 80.2 cm³/mol. The van der Waals surface area contributed by atoms with Gasteiger partial charge in [-0.05, 0) is 56.2 Å². The van der Waals surface area contributed by atoms with E-state index in [0.717, 1.165) is 18.5 Å². The lowest BCUT2D eigenvalue weighted by Gasteiger charge is -2.17. The summed E-state index contributed by atoms with van der Waals surface area (Å²) in [7, 11) is 0. The molecule has 0 unspecified atom stereocenters. The molecule has 1 rings (SSSR count). The van der Waals surface area contributed by atoms with Crippen LogP contribution in [0.5, 0.6) is 0 Å². The first-order chi connectivity index (χ1) is 8.56. The molecule has 0 bridgehead atoms. The average Bonchev–Trinajstić information content (AvgIpc) is 2.36. The van der Waals surface area contributed by atoms with Crippen LogP contribution >= 0.6 is 12.2 Å². The van der Waals surface area contributed by atoms with E-state index in [4.69, 9.17) is 12.2 Å². The largest absolute Gasteiger partial charge is 0.360 e. The van der Waals surface area contributed by atoms with Gasteiger partial charge in [-0.3, -0.25) is 4.79 Å². The Hall–Kier alpha value is -1.42. The second-order valence-electron chi connectivity index (χ2n) is 4.25. The minimum Gasteiger partial charge on any atom is -0.360 e. The van der Waals surface area contributed by atoms with Crippen molar-refractivity contribution < 1.29 is 4.79 Å². The quantitative estimate of drug-likeness (QED) is 0.632. The van der Waals surface area contributed by atoms with E-state index in [2.05, 4.69) is 24.5 Å². The summed E-state index contributed by atoms with van der Waals surface area (Å²) in [6.07, 6.45) is 2.09. The molecule has 0 atom stereocenters. The number of ketones is 1. The smallest absolute Gasteiger partial charge is 0.170 e. The lowest BCUT2D eigenvalue weighted by Crippen LogP contribution is -2.36. The molecule has 98 valence electrons. The highest BCUT2D eigenvalue weighted by atomic mass is 32.1. The molecule has 0 radical (unpaired) electrons. The fourth-order valence-electron chi connectivity index (χ4n) is 1.63. The fourth-order valence-corrected chi connectivity index (χ4v) is 1.92. The van der Waals surface area contributed by atoms with Gasteiger partial charge in [0.2, 0.25) is 0 Å². The molecule has 3 nitrogen and oxygen atoms in total. The third-order valence-corrected chi connectivity index (χ3v) is 3.09. The molecule has 0 aliphatic carbocycles. The van der Waals surface area contributed by atoms with Gasteiger partial charge in [0.05, 0.1) is 0 Å². The van der Waals surface area contributed by atoms with Gasteiger partial charge in [0.25, 0.3) is 0 Å². The van der Waals surface area contributed by atoms with E-state index in [1.807, 2.05) is 12.1 Å². The van der Waals surface area contributed by atoms with E-state index in [1.54, 1.807) is 19.1 Å². The molecule has 0 amide bonds. The van der Waals surface area contributed by atoms with Crippen LogP contribution in [0.4, 0.5) is 5.69 Å².